The van der Waals surface area contributed by atoms with Crippen molar-refractivity contribution in [1.82, 2.24) is 4.90 Å². The number of aliphatic hydroxyl groups is 1. The summed E-state index contributed by atoms with van der Waals surface area (Å²) in [5.74, 6) is -0.462. The molecule has 0 fully saturated rings. The summed E-state index contributed by atoms with van der Waals surface area (Å²) in [6, 6.07) is 4.67. The van der Waals surface area contributed by atoms with Crippen molar-refractivity contribution >= 4 is 5.97 Å². The van der Waals surface area contributed by atoms with E-state index in [9.17, 15) is 14.3 Å². The molecule has 4 nitrogen and oxygen atoms in total. The molecule has 1 atom stereocenters. The van der Waals surface area contributed by atoms with E-state index in [0.717, 1.165) is 12.1 Å². The minimum atomic E-state index is -0.629. The van der Waals surface area contributed by atoms with Crippen LogP contribution in [0.5, 0.6) is 0 Å². The van der Waals surface area contributed by atoms with Gasteiger partial charge in [-0.25, -0.2) is 4.39 Å². The van der Waals surface area contributed by atoms with Crippen molar-refractivity contribution in [2.75, 3.05) is 26.2 Å². The first-order valence-electron chi connectivity index (χ1n) is 7.80. The summed E-state index contributed by atoms with van der Waals surface area (Å²) in [6.07, 6.45) is 0.269. The van der Waals surface area contributed by atoms with E-state index in [0.29, 0.717) is 38.1 Å². The Morgan fingerprint density at radius 2 is 2.09 bits per heavy atom. The second kappa shape index (κ2) is 9.54. The van der Waals surface area contributed by atoms with E-state index in [-0.39, 0.29) is 11.8 Å². The summed E-state index contributed by atoms with van der Waals surface area (Å²) in [6.45, 7) is 7.97. The number of benzene rings is 1. The Labute approximate surface area is 131 Å². The van der Waals surface area contributed by atoms with Gasteiger partial charge in [0.05, 0.1) is 19.1 Å². The van der Waals surface area contributed by atoms with Crippen molar-refractivity contribution in [2.45, 2.75) is 39.7 Å². The zero-order chi connectivity index (χ0) is 16.5. The molecule has 0 saturated heterocycles. The van der Waals surface area contributed by atoms with Crippen LogP contribution in [0.15, 0.2) is 18.2 Å². The summed E-state index contributed by atoms with van der Waals surface area (Å²) in [5.41, 5.74) is 1.26. The summed E-state index contributed by atoms with van der Waals surface area (Å²) in [4.78, 5) is 13.5. The molecular weight excluding hydrogens is 285 g/mol. The molecule has 1 unspecified atom stereocenters. The highest BCUT2D eigenvalue weighted by molar-refractivity contribution is 5.69. The molecule has 0 aliphatic heterocycles. The van der Waals surface area contributed by atoms with E-state index in [1.807, 2.05) is 6.92 Å². The highest BCUT2D eigenvalue weighted by atomic mass is 19.1. The number of carbonyl (C=O) groups is 1. The van der Waals surface area contributed by atoms with E-state index in [4.69, 9.17) is 4.74 Å². The molecule has 1 aromatic rings. The standard InChI is InChI=1S/C17H26FNO3/c1-4-19(11-9-17(21)22-5-2)10-8-16(20)14-6-7-15(18)13(3)12-14/h6-7,12,16,20H,4-5,8-11H2,1-3H3. The lowest BCUT2D eigenvalue weighted by Gasteiger charge is -2.22. The van der Waals surface area contributed by atoms with Gasteiger partial charge >= 0.3 is 5.97 Å². The monoisotopic (exact) mass is 311 g/mol. The summed E-state index contributed by atoms with van der Waals surface area (Å²) >= 11 is 0. The number of hydrogen-bond donors (Lipinski definition) is 1. The minimum absolute atomic E-state index is 0.198. The first-order chi connectivity index (χ1) is 10.5. The highest BCUT2D eigenvalue weighted by Crippen LogP contribution is 2.19. The first-order valence-corrected chi connectivity index (χ1v) is 7.80. The predicted molar refractivity (Wildman–Crippen MR) is 84.1 cm³/mol. The number of rotatable bonds is 9. The van der Waals surface area contributed by atoms with Gasteiger partial charge in [-0.15, -0.1) is 0 Å². The van der Waals surface area contributed by atoms with E-state index < -0.39 is 6.10 Å². The summed E-state index contributed by atoms with van der Waals surface area (Å²) < 4.78 is 18.1. The fourth-order valence-corrected chi connectivity index (χ4v) is 2.26. The van der Waals surface area contributed by atoms with E-state index >= 15 is 0 Å². The second-order valence-electron chi connectivity index (χ2n) is 5.30. The van der Waals surface area contributed by atoms with Crippen LogP contribution in [0.25, 0.3) is 0 Å². The van der Waals surface area contributed by atoms with Crippen molar-refractivity contribution < 1.29 is 19.0 Å². The molecule has 0 bridgehead atoms. The number of nitrogens with zero attached hydrogens (tertiary/aromatic N) is 1. The highest BCUT2D eigenvalue weighted by Gasteiger charge is 2.13. The fraction of sp³-hybridized carbons (Fsp3) is 0.588. The molecule has 0 radical (unpaired) electrons. The van der Waals surface area contributed by atoms with Gasteiger partial charge in [-0.05, 0) is 44.0 Å². The molecule has 0 heterocycles. The number of aliphatic hydroxyl groups excluding tert-OH is 1. The lowest BCUT2D eigenvalue weighted by molar-refractivity contribution is -0.143. The van der Waals surface area contributed by atoms with Crippen molar-refractivity contribution in [3.63, 3.8) is 0 Å². The Balaban J connectivity index is 2.44. The van der Waals surface area contributed by atoms with Gasteiger partial charge in [-0.3, -0.25) is 4.79 Å². The third kappa shape index (κ3) is 6.12. The topological polar surface area (TPSA) is 49.8 Å². The number of hydrogen-bond acceptors (Lipinski definition) is 4. The molecule has 0 aliphatic rings. The van der Waals surface area contributed by atoms with E-state index in [2.05, 4.69) is 4.90 Å². The predicted octanol–water partition coefficient (Wildman–Crippen LogP) is 2.83. The molecule has 124 valence electrons. The van der Waals surface area contributed by atoms with Gasteiger partial charge in [0, 0.05) is 13.1 Å². The molecule has 0 saturated carbocycles. The molecule has 0 spiro atoms. The molecule has 0 amide bonds. The van der Waals surface area contributed by atoms with Crippen molar-refractivity contribution in [2.24, 2.45) is 0 Å². The lowest BCUT2D eigenvalue weighted by atomic mass is 10.0. The fourth-order valence-electron chi connectivity index (χ4n) is 2.26. The molecule has 0 aliphatic carbocycles. The Morgan fingerprint density at radius 3 is 2.68 bits per heavy atom. The summed E-state index contributed by atoms with van der Waals surface area (Å²) in [5, 5.41) is 10.2. The van der Waals surface area contributed by atoms with Gasteiger partial charge in [0.15, 0.2) is 0 Å². The van der Waals surface area contributed by atoms with Crippen LogP contribution < -0.4 is 0 Å². The number of halogens is 1. The first kappa shape index (κ1) is 18.6. The molecule has 5 heteroatoms. The van der Waals surface area contributed by atoms with Gasteiger partial charge in [0.25, 0.3) is 0 Å². The van der Waals surface area contributed by atoms with Crippen molar-refractivity contribution in [1.29, 1.82) is 0 Å². The molecule has 22 heavy (non-hydrogen) atoms. The number of carbonyl (C=O) groups excluding carboxylic acids is 1. The van der Waals surface area contributed by atoms with Crippen molar-refractivity contribution in [3.05, 3.63) is 35.1 Å². The zero-order valence-electron chi connectivity index (χ0n) is 13.6. The van der Waals surface area contributed by atoms with Crippen LogP contribution in [-0.4, -0.2) is 42.2 Å². The maximum atomic E-state index is 13.2. The summed E-state index contributed by atoms with van der Waals surface area (Å²) in [7, 11) is 0. The van der Waals surface area contributed by atoms with Crippen LogP contribution >= 0.6 is 0 Å². The number of aryl methyl sites for hydroxylation is 1. The number of esters is 1. The third-order valence-electron chi connectivity index (χ3n) is 3.67. The normalized spacial score (nSPS) is 12.5. The molecule has 1 aromatic carbocycles. The van der Waals surface area contributed by atoms with Crippen LogP contribution in [0.2, 0.25) is 0 Å². The van der Waals surface area contributed by atoms with E-state index in [1.165, 1.54) is 6.07 Å². The van der Waals surface area contributed by atoms with Crippen LogP contribution in [-0.2, 0) is 9.53 Å². The molecule has 0 aromatic heterocycles. The van der Waals surface area contributed by atoms with Crippen LogP contribution in [0, 0.1) is 12.7 Å². The van der Waals surface area contributed by atoms with Crippen LogP contribution in [0.3, 0.4) is 0 Å². The second-order valence-corrected chi connectivity index (χ2v) is 5.30. The van der Waals surface area contributed by atoms with Crippen LogP contribution in [0.4, 0.5) is 4.39 Å². The quantitative estimate of drug-likeness (QED) is 0.713. The van der Waals surface area contributed by atoms with Gasteiger partial charge in [0.1, 0.15) is 5.82 Å². The zero-order valence-corrected chi connectivity index (χ0v) is 13.6. The van der Waals surface area contributed by atoms with Gasteiger partial charge in [-0.2, -0.15) is 0 Å². The maximum absolute atomic E-state index is 13.2. The smallest absolute Gasteiger partial charge is 0.307 e. The molecule has 1 rings (SSSR count). The lowest BCUT2D eigenvalue weighted by Crippen LogP contribution is -2.28. The Morgan fingerprint density at radius 1 is 1.36 bits per heavy atom. The largest absolute Gasteiger partial charge is 0.466 e. The Hall–Kier alpha value is -1.46. The average molecular weight is 311 g/mol. The minimum Gasteiger partial charge on any atom is -0.466 e. The Bertz CT molecular complexity index is 479. The maximum Gasteiger partial charge on any atom is 0.307 e. The third-order valence-corrected chi connectivity index (χ3v) is 3.67. The molecule has 1 N–H and O–H groups in total. The van der Waals surface area contributed by atoms with E-state index in [1.54, 1.807) is 26.0 Å². The van der Waals surface area contributed by atoms with Gasteiger partial charge < -0.3 is 14.7 Å². The average Bonchev–Trinajstić information content (AvgIpc) is 2.50. The van der Waals surface area contributed by atoms with Gasteiger partial charge in [0.2, 0.25) is 0 Å². The Kier molecular flexibility index (Phi) is 8.06. The van der Waals surface area contributed by atoms with Gasteiger partial charge in [-0.1, -0.05) is 19.1 Å². The molecular formula is C17H26FNO3. The SMILES string of the molecule is CCOC(=O)CCN(CC)CCC(O)c1ccc(F)c(C)c1. The number of ether oxygens (including phenoxy) is 1. The van der Waals surface area contributed by atoms with Crippen LogP contribution in [0.1, 0.15) is 43.9 Å². The van der Waals surface area contributed by atoms with Crippen molar-refractivity contribution in [3.8, 4) is 0 Å².